The first-order chi connectivity index (χ1) is 14.7. The summed E-state index contributed by atoms with van der Waals surface area (Å²) in [7, 11) is 0. The zero-order valence-corrected chi connectivity index (χ0v) is 19.5. The van der Waals surface area contributed by atoms with Crippen LogP contribution in [0.15, 0.2) is 35.8 Å². The third kappa shape index (κ3) is 3.85. The van der Waals surface area contributed by atoms with E-state index in [4.69, 9.17) is 0 Å². The molecule has 4 atom stereocenters. The van der Waals surface area contributed by atoms with E-state index in [1.54, 1.807) is 28.2 Å². The number of fused-ring (bicyclic) bond motifs is 3. The van der Waals surface area contributed by atoms with Crippen LogP contribution in [-0.4, -0.2) is 44.4 Å². The Morgan fingerprint density at radius 3 is 2.71 bits per heavy atom. The number of carbonyl (C=O) groups is 3. The molecule has 31 heavy (non-hydrogen) atoms. The molecule has 3 amide bonds. The molecule has 1 aromatic carbocycles. The van der Waals surface area contributed by atoms with Crippen LogP contribution in [0, 0.1) is 5.92 Å². The molecule has 3 heterocycles. The summed E-state index contributed by atoms with van der Waals surface area (Å²) >= 11 is 2.94. The van der Waals surface area contributed by atoms with Gasteiger partial charge in [-0.3, -0.25) is 14.4 Å². The van der Waals surface area contributed by atoms with Crippen LogP contribution in [0.3, 0.4) is 0 Å². The number of aromatic nitrogens is 1. The van der Waals surface area contributed by atoms with Gasteiger partial charge in [0.25, 0.3) is 5.91 Å². The van der Waals surface area contributed by atoms with E-state index in [9.17, 15) is 14.4 Å². The number of hydrogen-bond acceptors (Lipinski definition) is 6. The molecule has 2 aromatic rings. The van der Waals surface area contributed by atoms with Gasteiger partial charge < -0.3 is 15.5 Å². The van der Waals surface area contributed by atoms with Crippen LogP contribution in [0.1, 0.15) is 55.4 Å². The lowest BCUT2D eigenvalue weighted by Gasteiger charge is -2.32. The number of rotatable bonds is 6. The van der Waals surface area contributed by atoms with Gasteiger partial charge in [0, 0.05) is 21.9 Å². The average Bonchev–Trinajstić information content (AvgIpc) is 3.41. The van der Waals surface area contributed by atoms with Crippen molar-refractivity contribution in [3.05, 3.63) is 47.0 Å². The number of thiazole rings is 1. The van der Waals surface area contributed by atoms with Crippen molar-refractivity contribution in [1.82, 2.24) is 15.2 Å². The second kappa shape index (κ2) is 8.27. The molecule has 1 fully saturated rings. The normalized spacial score (nSPS) is 23.1. The number of nitrogens with zero attached hydrogens (tertiary/aromatic N) is 2. The summed E-state index contributed by atoms with van der Waals surface area (Å²) in [6, 6.07) is 6.11. The van der Waals surface area contributed by atoms with E-state index in [1.807, 2.05) is 52.0 Å². The fraction of sp³-hybridized carbons (Fsp3) is 0.455. The van der Waals surface area contributed by atoms with Crippen LogP contribution in [0.4, 0.5) is 5.13 Å². The number of thioether (sulfide) groups is 1. The van der Waals surface area contributed by atoms with Crippen molar-refractivity contribution in [2.75, 3.05) is 5.32 Å². The van der Waals surface area contributed by atoms with Gasteiger partial charge in [-0.1, -0.05) is 38.5 Å². The molecule has 0 aliphatic carbocycles. The lowest BCUT2D eigenvalue weighted by molar-refractivity contribution is -0.131. The molecule has 2 aliphatic heterocycles. The van der Waals surface area contributed by atoms with Gasteiger partial charge in [-0.05, 0) is 31.4 Å². The molecular formula is C22H26N4O3S2. The minimum Gasteiger partial charge on any atom is -0.342 e. The zero-order valence-electron chi connectivity index (χ0n) is 17.9. The van der Waals surface area contributed by atoms with Crippen LogP contribution < -0.4 is 10.6 Å². The van der Waals surface area contributed by atoms with Gasteiger partial charge in [-0.25, -0.2) is 4.98 Å². The number of nitrogens with one attached hydrogen (secondary N) is 2. The van der Waals surface area contributed by atoms with E-state index in [-0.39, 0.29) is 29.0 Å². The van der Waals surface area contributed by atoms with Crippen LogP contribution in [0.25, 0.3) is 0 Å². The van der Waals surface area contributed by atoms with Crippen molar-refractivity contribution in [2.24, 2.45) is 5.92 Å². The third-order valence-corrected chi connectivity index (χ3v) is 8.22. The Morgan fingerprint density at radius 2 is 2.03 bits per heavy atom. The maximum Gasteiger partial charge on any atom is 0.256 e. The molecule has 164 valence electrons. The Hall–Kier alpha value is -2.39. The van der Waals surface area contributed by atoms with Gasteiger partial charge in [0.2, 0.25) is 11.8 Å². The molecule has 2 aliphatic rings. The lowest BCUT2D eigenvalue weighted by atomic mass is 9.95. The van der Waals surface area contributed by atoms with Crippen LogP contribution in [0.5, 0.6) is 0 Å². The number of amides is 3. The lowest BCUT2D eigenvalue weighted by Crippen LogP contribution is -2.57. The number of benzene rings is 1. The molecule has 0 spiro atoms. The predicted octanol–water partition coefficient (Wildman–Crippen LogP) is 3.66. The summed E-state index contributed by atoms with van der Waals surface area (Å²) in [5.41, 5.74) is 1.59. The van der Waals surface area contributed by atoms with Gasteiger partial charge in [0.15, 0.2) is 5.13 Å². The van der Waals surface area contributed by atoms with Gasteiger partial charge in [0.05, 0.1) is 0 Å². The predicted molar refractivity (Wildman–Crippen MR) is 123 cm³/mol. The highest BCUT2D eigenvalue weighted by Gasteiger charge is 2.57. The molecule has 0 saturated carbocycles. The molecule has 0 bridgehead atoms. The Balaban J connectivity index is 1.58. The first-order valence-electron chi connectivity index (χ1n) is 10.3. The van der Waals surface area contributed by atoms with E-state index in [0.717, 1.165) is 12.0 Å². The van der Waals surface area contributed by atoms with Crippen molar-refractivity contribution in [1.29, 1.82) is 0 Å². The largest absolute Gasteiger partial charge is 0.342 e. The molecular weight excluding hydrogens is 432 g/mol. The van der Waals surface area contributed by atoms with E-state index < -0.39 is 16.8 Å². The SMILES string of the molecule is CC[C@H](C)[C@H](NC(=O)[C@H]1N2C(=O)c3ccccc3[C@H]2SC1(C)C)C(=O)Nc1nccs1. The zero-order chi connectivity index (χ0) is 22.3. The summed E-state index contributed by atoms with van der Waals surface area (Å²) in [6.45, 7) is 7.86. The molecule has 0 unspecified atom stereocenters. The highest BCUT2D eigenvalue weighted by molar-refractivity contribution is 8.01. The highest BCUT2D eigenvalue weighted by Crippen LogP contribution is 2.56. The summed E-state index contributed by atoms with van der Waals surface area (Å²) in [5, 5.41) is 7.83. The summed E-state index contributed by atoms with van der Waals surface area (Å²) in [6.07, 6.45) is 2.34. The number of hydrogen-bond donors (Lipinski definition) is 2. The van der Waals surface area contributed by atoms with Crippen LogP contribution in [-0.2, 0) is 9.59 Å². The van der Waals surface area contributed by atoms with Crippen LogP contribution >= 0.6 is 23.1 Å². The first kappa shape index (κ1) is 21.8. The molecule has 0 radical (unpaired) electrons. The second-order valence-corrected chi connectivity index (χ2v) is 11.1. The average molecular weight is 459 g/mol. The first-order valence-corrected chi connectivity index (χ1v) is 12.1. The Bertz CT molecular complexity index is 1010. The molecule has 9 heteroatoms. The monoisotopic (exact) mass is 458 g/mol. The Kier molecular flexibility index (Phi) is 5.83. The summed E-state index contributed by atoms with van der Waals surface area (Å²) < 4.78 is -0.496. The van der Waals surface area contributed by atoms with E-state index in [1.165, 1.54) is 11.3 Å². The van der Waals surface area contributed by atoms with Crippen molar-refractivity contribution < 1.29 is 14.4 Å². The van der Waals surface area contributed by atoms with Gasteiger partial charge in [-0.15, -0.1) is 23.1 Å². The molecule has 2 N–H and O–H groups in total. The summed E-state index contributed by atoms with van der Waals surface area (Å²) in [4.78, 5) is 45.4. The maximum absolute atomic E-state index is 13.5. The highest BCUT2D eigenvalue weighted by atomic mass is 32.2. The van der Waals surface area contributed by atoms with Crippen molar-refractivity contribution in [3.8, 4) is 0 Å². The molecule has 1 aromatic heterocycles. The minimum atomic E-state index is -0.721. The van der Waals surface area contributed by atoms with E-state index in [0.29, 0.717) is 10.7 Å². The standard InChI is InChI=1S/C22H26N4O3S2/c1-5-12(2)15(17(27)25-21-23-10-11-30-21)24-18(28)16-22(3,4)31-20-14-9-7-6-8-13(14)19(29)26(16)20/h6-12,15-16,20H,5H2,1-4H3,(H,24,28)(H,23,25,27)/t12-,15-,16+,20+/m0/s1. The molecule has 1 saturated heterocycles. The topological polar surface area (TPSA) is 91.4 Å². The molecule has 4 rings (SSSR count). The van der Waals surface area contributed by atoms with Crippen LogP contribution in [0.2, 0.25) is 0 Å². The minimum absolute atomic E-state index is 0.0802. The summed E-state index contributed by atoms with van der Waals surface area (Å²) in [5.74, 6) is -0.816. The number of anilines is 1. The Morgan fingerprint density at radius 1 is 1.29 bits per heavy atom. The van der Waals surface area contributed by atoms with Gasteiger partial charge >= 0.3 is 0 Å². The quantitative estimate of drug-likeness (QED) is 0.689. The van der Waals surface area contributed by atoms with Crippen molar-refractivity contribution in [2.45, 2.75) is 56.3 Å². The fourth-order valence-corrected chi connectivity index (χ4v) is 6.33. The Labute approximate surface area is 190 Å². The second-order valence-electron chi connectivity index (χ2n) is 8.47. The van der Waals surface area contributed by atoms with Gasteiger partial charge in [0.1, 0.15) is 17.5 Å². The third-order valence-electron chi connectivity index (χ3n) is 6.00. The molecule has 7 nitrogen and oxygen atoms in total. The van der Waals surface area contributed by atoms with E-state index in [2.05, 4.69) is 15.6 Å². The van der Waals surface area contributed by atoms with E-state index >= 15 is 0 Å². The van der Waals surface area contributed by atoms with Crippen molar-refractivity contribution >= 4 is 46.0 Å². The number of carbonyl (C=O) groups excluding carboxylic acids is 3. The maximum atomic E-state index is 13.5. The smallest absolute Gasteiger partial charge is 0.256 e. The fourth-order valence-electron chi connectivity index (χ4n) is 4.21. The van der Waals surface area contributed by atoms with Crippen molar-refractivity contribution in [3.63, 3.8) is 0 Å². The van der Waals surface area contributed by atoms with Gasteiger partial charge in [-0.2, -0.15) is 0 Å².